The number of rotatable bonds is 4. The van der Waals surface area contributed by atoms with Crippen molar-refractivity contribution >= 4 is 22.5 Å². The van der Waals surface area contributed by atoms with Crippen molar-refractivity contribution in [3.63, 3.8) is 0 Å². The molecule has 1 aliphatic carbocycles. The first-order valence-electron chi connectivity index (χ1n) is 10.2. The van der Waals surface area contributed by atoms with E-state index in [0.29, 0.717) is 34.0 Å². The van der Waals surface area contributed by atoms with Crippen molar-refractivity contribution in [3.05, 3.63) is 65.1 Å². The number of nitrogens with one attached hydrogen (secondary N) is 2. The number of halogens is 2. The van der Waals surface area contributed by atoms with Gasteiger partial charge in [0.2, 0.25) is 0 Å². The summed E-state index contributed by atoms with van der Waals surface area (Å²) < 4.78 is 27.4. The summed E-state index contributed by atoms with van der Waals surface area (Å²) in [7, 11) is 0. The topological polar surface area (TPSA) is 66.5 Å². The summed E-state index contributed by atoms with van der Waals surface area (Å²) in [5.41, 5.74) is 4.03. The summed E-state index contributed by atoms with van der Waals surface area (Å²) in [5.74, 6) is 1.34. The van der Waals surface area contributed by atoms with Crippen molar-refractivity contribution in [2.75, 3.05) is 5.32 Å². The van der Waals surface area contributed by atoms with Gasteiger partial charge in [0.1, 0.15) is 18.3 Å². The first kappa shape index (κ1) is 18.7. The molecule has 0 fully saturated rings. The minimum absolute atomic E-state index is 0.328. The van der Waals surface area contributed by atoms with Crippen molar-refractivity contribution in [1.29, 1.82) is 0 Å². The Morgan fingerprint density at radius 3 is 2.73 bits per heavy atom. The summed E-state index contributed by atoms with van der Waals surface area (Å²) in [5, 5.41) is 11.2. The lowest BCUT2D eigenvalue weighted by Crippen LogP contribution is -2.08. The number of alkyl halides is 1. The first-order chi connectivity index (χ1) is 14.7. The number of aromatic amines is 1. The fourth-order valence-corrected chi connectivity index (χ4v) is 4.04. The van der Waals surface area contributed by atoms with E-state index in [1.807, 2.05) is 18.2 Å². The Morgan fingerprint density at radius 1 is 0.967 bits per heavy atom. The highest BCUT2D eigenvalue weighted by Crippen LogP contribution is 2.32. The SMILES string of the molecule is FCc1ccccc1-c1nc2c(c(Nc3n[nH]c4ccc(F)cc34)n1)CCCCC2. The van der Waals surface area contributed by atoms with Gasteiger partial charge in [-0.25, -0.2) is 18.7 Å². The molecule has 1 aliphatic rings. The quantitative estimate of drug-likeness (QED) is 0.431. The van der Waals surface area contributed by atoms with Gasteiger partial charge in [0, 0.05) is 22.2 Å². The standard InChI is InChI=1S/C23H21F2N5/c24-13-14-6-4-5-7-16(14)21-26-19-9-3-1-2-8-17(19)22(27-21)28-23-18-12-15(25)10-11-20(18)29-30-23/h4-7,10-12H,1-3,8-9,13H2,(H2,26,27,28,29,30). The van der Waals surface area contributed by atoms with Crippen molar-refractivity contribution in [2.45, 2.75) is 38.8 Å². The number of H-pyrrole nitrogens is 1. The van der Waals surface area contributed by atoms with Crippen LogP contribution >= 0.6 is 0 Å². The normalized spacial score (nSPS) is 13.8. The zero-order valence-corrected chi connectivity index (χ0v) is 16.4. The molecule has 5 rings (SSSR count). The zero-order valence-electron chi connectivity index (χ0n) is 16.4. The average Bonchev–Trinajstić information content (AvgIpc) is 3.00. The second-order valence-electron chi connectivity index (χ2n) is 7.56. The lowest BCUT2D eigenvalue weighted by molar-refractivity contribution is 0.486. The highest BCUT2D eigenvalue weighted by Gasteiger charge is 2.20. The molecule has 2 N–H and O–H groups in total. The Balaban J connectivity index is 1.65. The van der Waals surface area contributed by atoms with Crippen LogP contribution in [0.4, 0.5) is 20.4 Å². The number of hydrogen-bond acceptors (Lipinski definition) is 4. The van der Waals surface area contributed by atoms with E-state index in [9.17, 15) is 8.78 Å². The van der Waals surface area contributed by atoms with Crippen LogP contribution in [0.1, 0.15) is 36.1 Å². The highest BCUT2D eigenvalue weighted by atomic mass is 19.1. The molecule has 0 spiro atoms. The van der Waals surface area contributed by atoms with Gasteiger partial charge in [0.05, 0.1) is 5.52 Å². The first-order valence-corrected chi connectivity index (χ1v) is 10.2. The van der Waals surface area contributed by atoms with Gasteiger partial charge >= 0.3 is 0 Å². The molecule has 7 heteroatoms. The monoisotopic (exact) mass is 405 g/mol. The molecule has 152 valence electrons. The van der Waals surface area contributed by atoms with E-state index >= 15 is 0 Å². The number of anilines is 2. The Labute approximate surface area is 172 Å². The largest absolute Gasteiger partial charge is 0.323 e. The van der Waals surface area contributed by atoms with E-state index in [1.54, 1.807) is 12.1 Å². The molecule has 0 unspecified atom stereocenters. The lowest BCUT2D eigenvalue weighted by atomic mass is 10.1. The highest BCUT2D eigenvalue weighted by molar-refractivity contribution is 5.91. The average molecular weight is 405 g/mol. The summed E-state index contributed by atoms with van der Waals surface area (Å²) in [6.45, 7) is -0.581. The van der Waals surface area contributed by atoms with E-state index < -0.39 is 6.67 Å². The van der Waals surface area contributed by atoms with Gasteiger partial charge in [-0.15, -0.1) is 0 Å². The molecule has 0 saturated carbocycles. The van der Waals surface area contributed by atoms with Gasteiger partial charge in [-0.05, 0) is 49.4 Å². The van der Waals surface area contributed by atoms with E-state index in [-0.39, 0.29) is 5.82 Å². The number of hydrogen-bond donors (Lipinski definition) is 2. The maximum absolute atomic E-state index is 13.8. The van der Waals surface area contributed by atoms with Gasteiger partial charge in [0.25, 0.3) is 0 Å². The molecule has 0 amide bonds. The van der Waals surface area contributed by atoms with Crippen molar-refractivity contribution < 1.29 is 8.78 Å². The van der Waals surface area contributed by atoms with Crippen LogP contribution in [0.15, 0.2) is 42.5 Å². The molecule has 5 nitrogen and oxygen atoms in total. The predicted molar refractivity (Wildman–Crippen MR) is 113 cm³/mol. The number of fused-ring (bicyclic) bond motifs is 2. The number of aryl methyl sites for hydroxylation is 1. The molecular weight excluding hydrogens is 384 g/mol. The number of aromatic nitrogens is 4. The predicted octanol–water partition coefficient (Wildman–Crippen LogP) is 5.64. The second kappa shape index (κ2) is 7.82. The summed E-state index contributed by atoms with van der Waals surface area (Å²) >= 11 is 0. The third-order valence-electron chi connectivity index (χ3n) is 5.60. The van der Waals surface area contributed by atoms with Crippen LogP contribution in [-0.2, 0) is 19.5 Å². The molecule has 2 aromatic heterocycles. The molecule has 30 heavy (non-hydrogen) atoms. The molecule has 2 heterocycles. The van der Waals surface area contributed by atoms with Gasteiger partial charge in [-0.1, -0.05) is 30.7 Å². The molecular formula is C23H21F2N5. The Kier molecular flexibility index (Phi) is 4.86. The van der Waals surface area contributed by atoms with Gasteiger partial charge in [-0.2, -0.15) is 5.10 Å². The molecule has 2 aromatic carbocycles. The summed E-state index contributed by atoms with van der Waals surface area (Å²) in [6.07, 6.45) is 4.96. The van der Waals surface area contributed by atoms with Crippen LogP contribution in [0.3, 0.4) is 0 Å². The molecule has 4 aromatic rings. The number of nitrogens with zero attached hydrogens (tertiary/aromatic N) is 3. The van der Waals surface area contributed by atoms with E-state index in [4.69, 9.17) is 9.97 Å². The smallest absolute Gasteiger partial charge is 0.162 e. The van der Waals surface area contributed by atoms with Crippen molar-refractivity contribution in [3.8, 4) is 11.4 Å². The summed E-state index contributed by atoms with van der Waals surface area (Å²) in [6, 6.07) is 11.8. The summed E-state index contributed by atoms with van der Waals surface area (Å²) in [4.78, 5) is 9.59. The van der Waals surface area contributed by atoms with E-state index in [0.717, 1.165) is 48.9 Å². The molecule has 0 radical (unpaired) electrons. The number of benzene rings is 2. The third kappa shape index (κ3) is 3.40. The fourth-order valence-electron chi connectivity index (χ4n) is 4.04. The molecule has 0 bridgehead atoms. The third-order valence-corrected chi connectivity index (χ3v) is 5.60. The Morgan fingerprint density at radius 2 is 1.83 bits per heavy atom. The maximum atomic E-state index is 13.8. The van der Waals surface area contributed by atoms with Crippen LogP contribution in [0, 0.1) is 5.82 Å². The second-order valence-corrected chi connectivity index (χ2v) is 7.56. The van der Waals surface area contributed by atoms with Crippen LogP contribution < -0.4 is 5.32 Å². The van der Waals surface area contributed by atoms with Crippen molar-refractivity contribution in [1.82, 2.24) is 20.2 Å². The Bertz CT molecular complexity index is 1220. The molecule has 0 atom stereocenters. The lowest BCUT2D eigenvalue weighted by Gasteiger charge is -2.15. The minimum atomic E-state index is -0.581. The van der Waals surface area contributed by atoms with Crippen LogP contribution in [0.2, 0.25) is 0 Å². The van der Waals surface area contributed by atoms with Gasteiger partial charge < -0.3 is 5.32 Å². The Hall–Kier alpha value is -3.35. The molecule has 0 saturated heterocycles. The maximum Gasteiger partial charge on any atom is 0.162 e. The fraction of sp³-hybridized carbons (Fsp3) is 0.261. The van der Waals surface area contributed by atoms with E-state index in [2.05, 4.69) is 15.5 Å². The van der Waals surface area contributed by atoms with Crippen LogP contribution in [0.5, 0.6) is 0 Å². The van der Waals surface area contributed by atoms with E-state index in [1.165, 1.54) is 12.1 Å². The van der Waals surface area contributed by atoms with Gasteiger partial charge in [0.15, 0.2) is 11.6 Å². The molecule has 0 aliphatic heterocycles. The zero-order chi connectivity index (χ0) is 20.5. The van der Waals surface area contributed by atoms with Gasteiger partial charge in [-0.3, -0.25) is 5.10 Å². The van der Waals surface area contributed by atoms with Crippen LogP contribution in [-0.4, -0.2) is 20.2 Å². The van der Waals surface area contributed by atoms with Crippen molar-refractivity contribution in [2.24, 2.45) is 0 Å². The van der Waals surface area contributed by atoms with Crippen LogP contribution in [0.25, 0.3) is 22.3 Å². The minimum Gasteiger partial charge on any atom is -0.323 e.